The summed E-state index contributed by atoms with van der Waals surface area (Å²) < 4.78 is 10.3. The molecule has 1 aliphatic heterocycles. The second-order valence-electron chi connectivity index (χ2n) is 5.34. The van der Waals surface area contributed by atoms with Crippen molar-refractivity contribution in [2.45, 2.75) is 44.9 Å². The molecule has 5 heteroatoms. The van der Waals surface area contributed by atoms with E-state index >= 15 is 0 Å². The Morgan fingerprint density at radius 3 is 2.82 bits per heavy atom. The molecular formula is C12H17NO4. The maximum Gasteiger partial charge on any atom is 0.408 e. The molecule has 3 atom stereocenters. The molecule has 0 saturated carbocycles. The number of ether oxygens (including phenoxy) is 2. The first-order chi connectivity index (χ1) is 7.87. The molecule has 2 bridgehead atoms. The van der Waals surface area contributed by atoms with Crippen LogP contribution in [0.5, 0.6) is 0 Å². The van der Waals surface area contributed by atoms with Gasteiger partial charge in [-0.25, -0.2) is 4.79 Å². The van der Waals surface area contributed by atoms with E-state index in [1.54, 1.807) is 20.8 Å². The number of carbonyl (C=O) groups is 2. The van der Waals surface area contributed by atoms with Gasteiger partial charge in [0.15, 0.2) is 0 Å². The van der Waals surface area contributed by atoms with E-state index in [2.05, 4.69) is 5.32 Å². The lowest BCUT2D eigenvalue weighted by molar-refractivity contribution is -0.142. The van der Waals surface area contributed by atoms with Crippen molar-refractivity contribution in [1.29, 1.82) is 0 Å². The van der Waals surface area contributed by atoms with Crippen LogP contribution >= 0.6 is 0 Å². The molecule has 1 unspecified atom stereocenters. The Balaban J connectivity index is 1.98. The number of allylic oxidation sites excluding steroid dienone is 1. The number of hydrogen-bond acceptors (Lipinski definition) is 4. The molecule has 1 aliphatic carbocycles. The highest BCUT2D eigenvalue weighted by Gasteiger charge is 2.46. The molecule has 94 valence electrons. The van der Waals surface area contributed by atoms with E-state index < -0.39 is 11.7 Å². The summed E-state index contributed by atoms with van der Waals surface area (Å²) in [6.45, 7) is 5.39. The van der Waals surface area contributed by atoms with Crippen LogP contribution in [0.3, 0.4) is 0 Å². The van der Waals surface area contributed by atoms with Gasteiger partial charge in [-0.3, -0.25) is 4.79 Å². The van der Waals surface area contributed by atoms with Gasteiger partial charge in [0.1, 0.15) is 11.7 Å². The maximum absolute atomic E-state index is 11.6. The van der Waals surface area contributed by atoms with Crippen molar-refractivity contribution < 1.29 is 19.1 Å². The van der Waals surface area contributed by atoms with Gasteiger partial charge in [-0.2, -0.15) is 0 Å². The van der Waals surface area contributed by atoms with E-state index in [-0.39, 0.29) is 24.0 Å². The van der Waals surface area contributed by atoms with Gasteiger partial charge < -0.3 is 14.8 Å². The summed E-state index contributed by atoms with van der Waals surface area (Å²) in [5.41, 5.74) is -0.543. The van der Waals surface area contributed by atoms with Gasteiger partial charge in [-0.1, -0.05) is 6.08 Å². The number of alkyl carbamates (subject to hydrolysis) is 1. The van der Waals surface area contributed by atoms with Gasteiger partial charge in [0.2, 0.25) is 0 Å². The van der Waals surface area contributed by atoms with Gasteiger partial charge in [0.25, 0.3) is 0 Å². The van der Waals surface area contributed by atoms with Crippen LogP contribution < -0.4 is 5.32 Å². The van der Waals surface area contributed by atoms with E-state index in [0.717, 1.165) is 0 Å². The molecule has 0 radical (unpaired) electrons. The molecule has 2 rings (SSSR count). The zero-order chi connectivity index (χ0) is 12.6. The van der Waals surface area contributed by atoms with Crippen LogP contribution in [0.15, 0.2) is 12.2 Å². The van der Waals surface area contributed by atoms with E-state index in [0.29, 0.717) is 6.42 Å². The lowest BCUT2D eigenvalue weighted by Crippen LogP contribution is -2.47. The number of carbonyl (C=O) groups excluding carboxylic acids is 2. The summed E-state index contributed by atoms with van der Waals surface area (Å²) in [7, 11) is 0. The molecule has 0 aromatic rings. The lowest BCUT2D eigenvalue weighted by Gasteiger charge is -2.25. The van der Waals surface area contributed by atoms with Crippen LogP contribution in [-0.4, -0.2) is 29.8 Å². The highest BCUT2D eigenvalue weighted by molar-refractivity contribution is 5.79. The van der Waals surface area contributed by atoms with E-state index in [1.165, 1.54) is 0 Å². The third kappa shape index (κ3) is 2.60. The van der Waals surface area contributed by atoms with E-state index in [4.69, 9.17) is 9.47 Å². The minimum absolute atomic E-state index is 0.249. The molecule has 1 heterocycles. The van der Waals surface area contributed by atoms with Crippen LogP contribution in [-0.2, 0) is 14.3 Å². The Kier molecular flexibility index (Phi) is 2.85. The third-order valence-corrected chi connectivity index (χ3v) is 2.74. The Morgan fingerprint density at radius 1 is 1.53 bits per heavy atom. The first-order valence-electron chi connectivity index (χ1n) is 5.73. The topological polar surface area (TPSA) is 64.6 Å². The van der Waals surface area contributed by atoms with Crippen LogP contribution in [0.2, 0.25) is 0 Å². The molecule has 0 aromatic carbocycles. The Hall–Kier alpha value is -1.52. The molecule has 1 saturated heterocycles. The van der Waals surface area contributed by atoms with Crippen LogP contribution in [0.1, 0.15) is 27.2 Å². The summed E-state index contributed by atoms with van der Waals surface area (Å²) in [5.74, 6) is -0.529. The average molecular weight is 239 g/mol. The maximum atomic E-state index is 11.6. The van der Waals surface area contributed by atoms with Crippen molar-refractivity contribution in [2.24, 2.45) is 5.92 Å². The average Bonchev–Trinajstić information content (AvgIpc) is 2.36. The molecular weight excluding hydrogens is 222 g/mol. The molecule has 1 N–H and O–H groups in total. The number of nitrogens with one attached hydrogen (secondary N) is 1. The second kappa shape index (κ2) is 4.05. The van der Waals surface area contributed by atoms with Gasteiger partial charge >= 0.3 is 12.1 Å². The molecule has 0 aromatic heterocycles. The molecule has 17 heavy (non-hydrogen) atoms. The molecule has 5 nitrogen and oxygen atoms in total. The summed E-state index contributed by atoms with van der Waals surface area (Å²) in [5, 5.41) is 2.71. The van der Waals surface area contributed by atoms with Crippen LogP contribution in [0.4, 0.5) is 4.79 Å². The predicted octanol–water partition coefficient (Wildman–Crippen LogP) is 1.38. The normalized spacial score (nSPS) is 31.0. The molecule has 1 fully saturated rings. The van der Waals surface area contributed by atoms with Gasteiger partial charge in [0, 0.05) is 0 Å². The fourth-order valence-electron chi connectivity index (χ4n) is 2.06. The van der Waals surface area contributed by atoms with Crippen molar-refractivity contribution in [3.63, 3.8) is 0 Å². The quantitative estimate of drug-likeness (QED) is 0.554. The number of amides is 1. The number of rotatable bonds is 1. The summed E-state index contributed by atoms with van der Waals surface area (Å²) in [4.78, 5) is 23.1. The van der Waals surface area contributed by atoms with Gasteiger partial charge in [-0.15, -0.1) is 0 Å². The van der Waals surface area contributed by atoms with E-state index in [9.17, 15) is 9.59 Å². The fourth-order valence-corrected chi connectivity index (χ4v) is 2.06. The lowest BCUT2D eigenvalue weighted by atomic mass is 9.90. The van der Waals surface area contributed by atoms with Gasteiger partial charge in [-0.05, 0) is 33.3 Å². The standard InChI is InChI=1S/C12H17NO4/c1-12(2,3)17-11(15)13-9-7-5-4-6-8(9)16-10(7)14/h4,6-9H,5H2,1-3H3,(H,13,15)/t7?,8-,9+/m0/s1. The smallest absolute Gasteiger partial charge is 0.408 e. The van der Waals surface area contributed by atoms with Crippen molar-refractivity contribution >= 4 is 12.1 Å². The van der Waals surface area contributed by atoms with Crippen molar-refractivity contribution in [3.8, 4) is 0 Å². The largest absolute Gasteiger partial charge is 0.456 e. The summed E-state index contributed by atoms with van der Waals surface area (Å²) in [6, 6.07) is -0.303. The minimum Gasteiger partial charge on any atom is -0.456 e. The fraction of sp³-hybridized carbons (Fsp3) is 0.667. The van der Waals surface area contributed by atoms with Crippen molar-refractivity contribution in [3.05, 3.63) is 12.2 Å². The molecule has 1 amide bonds. The van der Waals surface area contributed by atoms with Gasteiger partial charge in [0.05, 0.1) is 12.0 Å². The first kappa shape index (κ1) is 12.0. The predicted molar refractivity (Wildman–Crippen MR) is 60.3 cm³/mol. The van der Waals surface area contributed by atoms with Crippen molar-refractivity contribution in [2.75, 3.05) is 0 Å². The van der Waals surface area contributed by atoms with Crippen LogP contribution in [0.25, 0.3) is 0 Å². The zero-order valence-corrected chi connectivity index (χ0v) is 10.2. The monoisotopic (exact) mass is 239 g/mol. The third-order valence-electron chi connectivity index (χ3n) is 2.74. The minimum atomic E-state index is -0.543. The number of fused-ring (bicyclic) bond motifs is 2. The SMILES string of the molecule is CC(C)(C)OC(=O)N[C@@H]1C2CC=C[C@@H]1OC2=O. The first-order valence-corrected chi connectivity index (χ1v) is 5.73. The zero-order valence-electron chi connectivity index (χ0n) is 10.2. The Labute approximate surface area is 100 Å². The summed E-state index contributed by atoms with van der Waals surface area (Å²) >= 11 is 0. The number of esters is 1. The highest BCUT2D eigenvalue weighted by Crippen LogP contribution is 2.30. The van der Waals surface area contributed by atoms with E-state index in [1.807, 2.05) is 12.2 Å². The molecule has 0 spiro atoms. The summed E-state index contributed by atoms with van der Waals surface area (Å²) in [6.07, 6.45) is 3.46. The van der Waals surface area contributed by atoms with Crippen LogP contribution in [0, 0.1) is 5.92 Å². The number of hydrogen-bond donors (Lipinski definition) is 1. The van der Waals surface area contributed by atoms with Crippen molar-refractivity contribution in [1.82, 2.24) is 5.32 Å². The Bertz CT molecular complexity index is 369. The highest BCUT2D eigenvalue weighted by atomic mass is 16.6. The second-order valence-corrected chi connectivity index (χ2v) is 5.34. The molecule has 2 aliphatic rings. The Morgan fingerprint density at radius 2 is 2.24 bits per heavy atom.